The Morgan fingerprint density at radius 3 is 2.79 bits per heavy atom. The van der Waals surface area contributed by atoms with E-state index in [0.717, 1.165) is 6.42 Å². The van der Waals surface area contributed by atoms with Crippen molar-refractivity contribution in [2.24, 2.45) is 11.1 Å². The Bertz CT molecular complexity index is 258. The van der Waals surface area contributed by atoms with Crippen molar-refractivity contribution in [2.75, 3.05) is 0 Å². The van der Waals surface area contributed by atoms with Crippen LogP contribution in [0.1, 0.15) is 40.0 Å². The van der Waals surface area contributed by atoms with Gasteiger partial charge in [0.2, 0.25) is 0 Å². The fraction of sp³-hybridized carbons (Fsp3) is 0.800. The van der Waals surface area contributed by atoms with E-state index in [4.69, 9.17) is 9.94 Å². The molecule has 0 aromatic carbocycles. The Morgan fingerprint density at radius 1 is 1.71 bits per heavy atom. The summed E-state index contributed by atoms with van der Waals surface area (Å²) in [6.07, 6.45) is 2.02. The molecule has 0 radical (unpaired) electrons. The quantitative estimate of drug-likeness (QED) is 0.327. The minimum Gasteiger partial charge on any atom is -0.459 e. The topological polar surface area (TPSA) is 58.9 Å². The summed E-state index contributed by atoms with van der Waals surface area (Å²) in [4.78, 5) is 11.1. The normalized spacial score (nSPS) is 26.4. The second-order valence-corrected chi connectivity index (χ2v) is 4.35. The number of rotatable bonds is 3. The van der Waals surface area contributed by atoms with Gasteiger partial charge in [0.05, 0.1) is 12.1 Å². The molecule has 1 aliphatic rings. The highest BCUT2D eigenvalue weighted by Gasteiger charge is 2.40. The molecule has 0 aromatic heterocycles. The van der Waals surface area contributed by atoms with Crippen LogP contribution in [0.3, 0.4) is 0 Å². The number of nitrogens with zero attached hydrogens (tertiary/aromatic N) is 1. The third-order valence-electron chi connectivity index (χ3n) is 2.80. The van der Waals surface area contributed by atoms with Gasteiger partial charge in [-0.15, -0.1) is 0 Å². The standard InChI is InChI=1S/C10H17NO3/c1-7(11-13)4-5-8-6-9(12)14-10(8,2)3/h8,13H,4-6H2,1-3H3/b11-7+/t8-/m1/s1. The lowest BCUT2D eigenvalue weighted by Crippen LogP contribution is -2.27. The number of esters is 1. The summed E-state index contributed by atoms with van der Waals surface area (Å²) in [5, 5.41) is 11.6. The van der Waals surface area contributed by atoms with E-state index in [2.05, 4.69) is 5.16 Å². The largest absolute Gasteiger partial charge is 0.459 e. The van der Waals surface area contributed by atoms with Gasteiger partial charge in [0.25, 0.3) is 0 Å². The third kappa shape index (κ3) is 2.47. The Kier molecular flexibility index (Phi) is 3.13. The predicted molar refractivity (Wildman–Crippen MR) is 52.4 cm³/mol. The number of hydrogen-bond donors (Lipinski definition) is 1. The SMILES string of the molecule is C/C(CC[C@@H]1CC(=O)OC1(C)C)=N\O. The van der Waals surface area contributed by atoms with Crippen molar-refractivity contribution in [1.29, 1.82) is 0 Å². The van der Waals surface area contributed by atoms with Crippen LogP contribution in [0.2, 0.25) is 0 Å². The highest BCUT2D eigenvalue weighted by Crippen LogP contribution is 2.35. The van der Waals surface area contributed by atoms with Gasteiger partial charge in [-0.3, -0.25) is 4.79 Å². The van der Waals surface area contributed by atoms with Crippen LogP contribution in [-0.4, -0.2) is 22.5 Å². The fourth-order valence-electron chi connectivity index (χ4n) is 1.75. The van der Waals surface area contributed by atoms with E-state index in [-0.39, 0.29) is 17.5 Å². The summed E-state index contributed by atoms with van der Waals surface area (Å²) < 4.78 is 5.19. The molecule has 0 aromatic rings. The number of ether oxygens (including phenoxy) is 1. The molecule has 1 saturated heterocycles. The van der Waals surface area contributed by atoms with E-state index >= 15 is 0 Å². The first-order valence-corrected chi connectivity index (χ1v) is 4.85. The van der Waals surface area contributed by atoms with Crippen LogP contribution in [0.4, 0.5) is 0 Å². The van der Waals surface area contributed by atoms with E-state index in [1.807, 2.05) is 13.8 Å². The fourth-order valence-corrected chi connectivity index (χ4v) is 1.75. The Labute approximate surface area is 83.9 Å². The lowest BCUT2D eigenvalue weighted by atomic mass is 9.86. The number of cyclic esters (lactones) is 1. The number of carbonyl (C=O) groups excluding carboxylic acids is 1. The van der Waals surface area contributed by atoms with Crippen molar-refractivity contribution in [1.82, 2.24) is 0 Å². The van der Waals surface area contributed by atoms with E-state index in [1.54, 1.807) is 6.92 Å². The van der Waals surface area contributed by atoms with Gasteiger partial charge in [-0.05, 0) is 33.6 Å². The maximum atomic E-state index is 11.1. The zero-order valence-corrected chi connectivity index (χ0v) is 8.91. The van der Waals surface area contributed by atoms with Crippen LogP contribution >= 0.6 is 0 Å². The summed E-state index contributed by atoms with van der Waals surface area (Å²) in [6, 6.07) is 0. The van der Waals surface area contributed by atoms with Gasteiger partial charge >= 0.3 is 5.97 Å². The highest BCUT2D eigenvalue weighted by molar-refractivity contribution is 5.81. The van der Waals surface area contributed by atoms with Crippen LogP contribution in [0.5, 0.6) is 0 Å². The molecule has 1 rings (SSSR count). The Hall–Kier alpha value is -1.06. The predicted octanol–water partition coefficient (Wildman–Crippen LogP) is 1.96. The van der Waals surface area contributed by atoms with E-state index in [9.17, 15) is 4.79 Å². The first-order valence-electron chi connectivity index (χ1n) is 4.85. The molecule has 80 valence electrons. The van der Waals surface area contributed by atoms with Crippen molar-refractivity contribution in [3.63, 3.8) is 0 Å². The zero-order chi connectivity index (χ0) is 10.8. The summed E-state index contributed by atoms with van der Waals surface area (Å²) in [6.45, 7) is 5.62. The maximum Gasteiger partial charge on any atom is 0.306 e. The molecule has 1 N–H and O–H groups in total. The summed E-state index contributed by atoms with van der Waals surface area (Å²) in [7, 11) is 0. The van der Waals surface area contributed by atoms with E-state index in [0.29, 0.717) is 18.6 Å². The van der Waals surface area contributed by atoms with Crippen molar-refractivity contribution in [2.45, 2.75) is 45.6 Å². The van der Waals surface area contributed by atoms with E-state index < -0.39 is 0 Å². The summed E-state index contributed by atoms with van der Waals surface area (Å²) >= 11 is 0. The molecule has 0 saturated carbocycles. The smallest absolute Gasteiger partial charge is 0.306 e. The minimum atomic E-state index is -0.368. The molecule has 4 heteroatoms. The van der Waals surface area contributed by atoms with Gasteiger partial charge < -0.3 is 9.94 Å². The Balaban J connectivity index is 2.49. The average Bonchev–Trinajstić information content (AvgIpc) is 2.35. The number of hydrogen-bond acceptors (Lipinski definition) is 4. The second-order valence-electron chi connectivity index (χ2n) is 4.35. The first kappa shape index (κ1) is 11.0. The second kappa shape index (κ2) is 3.98. The molecule has 4 nitrogen and oxygen atoms in total. The molecule has 0 unspecified atom stereocenters. The highest BCUT2D eigenvalue weighted by atomic mass is 16.6. The van der Waals surface area contributed by atoms with Gasteiger partial charge in [-0.2, -0.15) is 0 Å². The molecule has 1 atom stereocenters. The van der Waals surface area contributed by atoms with Crippen molar-refractivity contribution in [3.8, 4) is 0 Å². The molecule has 0 aliphatic carbocycles. The van der Waals surface area contributed by atoms with Crippen LogP contribution in [-0.2, 0) is 9.53 Å². The first-order chi connectivity index (χ1) is 6.45. The average molecular weight is 199 g/mol. The Morgan fingerprint density at radius 2 is 2.36 bits per heavy atom. The van der Waals surface area contributed by atoms with Crippen LogP contribution in [0.25, 0.3) is 0 Å². The molecule has 1 fully saturated rings. The van der Waals surface area contributed by atoms with Gasteiger partial charge in [0.15, 0.2) is 0 Å². The van der Waals surface area contributed by atoms with Crippen molar-refractivity contribution >= 4 is 11.7 Å². The molecule has 14 heavy (non-hydrogen) atoms. The van der Waals surface area contributed by atoms with Gasteiger partial charge in [-0.1, -0.05) is 5.16 Å². The lowest BCUT2D eigenvalue weighted by Gasteiger charge is -2.24. The summed E-state index contributed by atoms with van der Waals surface area (Å²) in [5.74, 6) is 0.102. The molecular weight excluding hydrogens is 182 g/mol. The third-order valence-corrected chi connectivity index (χ3v) is 2.80. The lowest BCUT2D eigenvalue weighted by molar-refractivity contribution is -0.146. The van der Waals surface area contributed by atoms with Crippen LogP contribution in [0.15, 0.2) is 5.16 Å². The molecule has 0 spiro atoms. The monoisotopic (exact) mass is 199 g/mol. The van der Waals surface area contributed by atoms with Gasteiger partial charge in [0.1, 0.15) is 5.60 Å². The minimum absolute atomic E-state index is 0.126. The molecular formula is C10H17NO3. The number of carbonyl (C=O) groups is 1. The zero-order valence-electron chi connectivity index (χ0n) is 8.91. The maximum absolute atomic E-state index is 11.1. The molecule has 0 bridgehead atoms. The van der Waals surface area contributed by atoms with Gasteiger partial charge in [-0.25, -0.2) is 0 Å². The van der Waals surface area contributed by atoms with Crippen molar-refractivity contribution < 1.29 is 14.7 Å². The van der Waals surface area contributed by atoms with Gasteiger partial charge in [0, 0.05) is 5.92 Å². The summed E-state index contributed by atoms with van der Waals surface area (Å²) in [5.41, 5.74) is 0.326. The molecule has 0 amide bonds. The van der Waals surface area contributed by atoms with Crippen LogP contribution in [0, 0.1) is 5.92 Å². The molecule has 1 heterocycles. The van der Waals surface area contributed by atoms with E-state index in [1.165, 1.54) is 0 Å². The number of oxime groups is 1. The molecule has 1 aliphatic heterocycles. The van der Waals surface area contributed by atoms with Crippen molar-refractivity contribution in [3.05, 3.63) is 0 Å². The van der Waals surface area contributed by atoms with Crippen LogP contribution < -0.4 is 0 Å².